The van der Waals surface area contributed by atoms with Gasteiger partial charge in [0.1, 0.15) is 0 Å². The summed E-state index contributed by atoms with van der Waals surface area (Å²) < 4.78 is 2.67. The van der Waals surface area contributed by atoms with Crippen LogP contribution in [0.15, 0.2) is 22.5 Å². The smallest absolute Gasteiger partial charge is 0.0821 e. The van der Waals surface area contributed by atoms with Gasteiger partial charge in [0.25, 0.3) is 0 Å². The van der Waals surface area contributed by atoms with Gasteiger partial charge in [0, 0.05) is 6.20 Å². The molecular weight excluding hydrogens is 198 g/mol. The Morgan fingerprint density at radius 2 is 2.31 bits per heavy atom. The number of hydrogen-bond acceptors (Lipinski definition) is 3. The third-order valence-corrected chi connectivity index (χ3v) is 3.93. The van der Waals surface area contributed by atoms with Crippen LogP contribution in [0.3, 0.4) is 0 Å². The Hall–Kier alpha value is -0.540. The van der Waals surface area contributed by atoms with Crippen LogP contribution in [0.25, 0.3) is 10.2 Å². The minimum absolute atomic E-state index is 1.13. The number of fused-ring (bicyclic) bond motifs is 1. The summed E-state index contributed by atoms with van der Waals surface area (Å²) in [6, 6.07) is 4.38. The van der Waals surface area contributed by atoms with Gasteiger partial charge in [-0.1, -0.05) is 6.92 Å². The minimum Gasteiger partial charge on any atom is -0.255 e. The number of aryl methyl sites for hydroxylation is 1. The maximum atomic E-state index is 4.38. The summed E-state index contributed by atoms with van der Waals surface area (Å²) in [5, 5.41) is 0. The quantitative estimate of drug-likeness (QED) is 0.699. The van der Waals surface area contributed by atoms with Crippen molar-refractivity contribution >= 4 is 33.3 Å². The lowest BCUT2D eigenvalue weighted by molar-refractivity contribution is 1.34. The van der Waals surface area contributed by atoms with Crippen molar-refractivity contribution in [2.45, 2.75) is 18.1 Å². The second kappa shape index (κ2) is 3.68. The molecule has 13 heavy (non-hydrogen) atoms. The van der Waals surface area contributed by atoms with Crippen LogP contribution in [0, 0.1) is 6.92 Å². The zero-order valence-electron chi connectivity index (χ0n) is 7.70. The van der Waals surface area contributed by atoms with E-state index in [1.54, 1.807) is 0 Å². The predicted octanol–water partition coefficient (Wildman–Crippen LogP) is 3.72. The molecule has 68 valence electrons. The zero-order valence-corrected chi connectivity index (χ0v) is 9.34. The molecule has 0 aliphatic heterocycles. The minimum atomic E-state index is 1.13. The molecule has 2 rings (SSSR count). The molecule has 0 aliphatic carbocycles. The van der Waals surface area contributed by atoms with Crippen LogP contribution in [0.4, 0.5) is 0 Å². The van der Waals surface area contributed by atoms with Gasteiger partial charge in [0.2, 0.25) is 0 Å². The van der Waals surface area contributed by atoms with E-state index in [-0.39, 0.29) is 0 Å². The van der Waals surface area contributed by atoms with Gasteiger partial charge in [-0.25, -0.2) is 0 Å². The van der Waals surface area contributed by atoms with Gasteiger partial charge in [0.15, 0.2) is 0 Å². The molecule has 2 heterocycles. The lowest BCUT2D eigenvalue weighted by Gasteiger charge is -1.89. The Balaban J connectivity index is 2.49. The Kier molecular flexibility index (Phi) is 2.56. The largest absolute Gasteiger partial charge is 0.255 e. The molecule has 0 aromatic carbocycles. The fourth-order valence-electron chi connectivity index (χ4n) is 1.21. The maximum Gasteiger partial charge on any atom is 0.0821 e. The summed E-state index contributed by atoms with van der Waals surface area (Å²) in [4.78, 5) is 4.38. The highest BCUT2D eigenvalue weighted by atomic mass is 32.2. The first-order valence-corrected chi connectivity index (χ1v) is 6.09. The topological polar surface area (TPSA) is 12.9 Å². The van der Waals surface area contributed by atoms with Crippen LogP contribution in [0.1, 0.15) is 12.5 Å². The summed E-state index contributed by atoms with van der Waals surface area (Å²) in [5.41, 5.74) is 2.37. The molecule has 0 atom stereocenters. The highest BCUT2D eigenvalue weighted by Gasteiger charge is 2.02. The Morgan fingerprint density at radius 3 is 3.08 bits per heavy atom. The lowest BCUT2D eigenvalue weighted by atomic mass is 10.3. The summed E-state index contributed by atoms with van der Waals surface area (Å²) in [6.45, 7) is 4.26. The van der Waals surface area contributed by atoms with Crippen LogP contribution in [-0.4, -0.2) is 10.7 Å². The number of rotatable bonds is 2. The molecule has 2 aromatic heterocycles. The number of nitrogens with zero attached hydrogens (tertiary/aromatic N) is 1. The highest BCUT2D eigenvalue weighted by molar-refractivity contribution is 8.01. The number of thiophene rings is 1. The molecule has 0 fully saturated rings. The SMILES string of the molecule is CCSc1cc2ncc(C)cc2s1. The average molecular weight is 209 g/mol. The Labute approximate surface area is 86.2 Å². The van der Waals surface area contributed by atoms with Crippen LogP contribution < -0.4 is 0 Å². The standard InChI is InChI=1S/C10H11NS2/c1-3-12-10-5-8-9(13-10)4-7(2)6-11-8/h4-6H,3H2,1-2H3. The van der Waals surface area contributed by atoms with Gasteiger partial charge in [-0.05, 0) is 30.4 Å². The van der Waals surface area contributed by atoms with Gasteiger partial charge >= 0.3 is 0 Å². The van der Waals surface area contributed by atoms with Crippen molar-refractivity contribution in [2.75, 3.05) is 5.75 Å². The second-order valence-corrected chi connectivity index (χ2v) is 5.54. The number of thioether (sulfide) groups is 1. The molecule has 0 saturated carbocycles. The summed E-state index contributed by atoms with van der Waals surface area (Å²) in [6.07, 6.45) is 1.93. The first-order valence-electron chi connectivity index (χ1n) is 4.28. The first-order chi connectivity index (χ1) is 6.29. The molecule has 0 amide bonds. The van der Waals surface area contributed by atoms with Crippen molar-refractivity contribution < 1.29 is 0 Å². The molecule has 0 radical (unpaired) electrons. The molecular formula is C10H11NS2. The van der Waals surface area contributed by atoms with E-state index < -0.39 is 0 Å². The second-order valence-electron chi connectivity index (χ2n) is 2.89. The number of hydrogen-bond donors (Lipinski definition) is 0. The van der Waals surface area contributed by atoms with Crippen LogP contribution in [0.5, 0.6) is 0 Å². The summed E-state index contributed by atoms with van der Waals surface area (Å²) in [7, 11) is 0. The van der Waals surface area contributed by atoms with Crippen molar-refractivity contribution in [1.82, 2.24) is 4.98 Å². The molecule has 2 aromatic rings. The Bertz CT molecular complexity index is 420. The normalized spacial score (nSPS) is 10.9. The predicted molar refractivity (Wildman–Crippen MR) is 60.8 cm³/mol. The van der Waals surface area contributed by atoms with Crippen molar-refractivity contribution in [1.29, 1.82) is 0 Å². The molecule has 0 N–H and O–H groups in total. The van der Waals surface area contributed by atoms with Gasteiger partial charge in [-0.2, -0.15) is 0 Å². The lowest BCUT2D eigenvalue weighted by Crippen LogP contribution is -1.73. The van der Waals surface area contributed by atoms with E-state index in [0.717, 1.165) is 11.3 Å². The number of aromatic nitrogens is 1. The van der Waals surface area contributed by atoms with E-state index in [2.05, 4.69) is 31.0 Å². The van der Waals surface area contributed by atoms with Gasteiger partial charge < -0.3 is 0 Å². The van der Waals surface area contributed by atoms with E-state index in [4.69, 9.17) is 0 Å². The molecule has 3 heteroatoms. The molecule has 0 spiro atoms. The van der Waals surface area contributed by atoms with E-state index in [1.165, 1.54) is 14.5 Å². The van der Waals surface area contributed by atoms with Crippen LogP contribution >= 0.6 is 23.1 Å². The van der Waals surface area contributed by atoms with E-state index in [9.17, 15) is 0 Å². The van der Waals surface area contributed by atoms with Crippen molar-refractivity contribution in [3.05, 3.63) is 23.9 Å². The van der Waals surface area contributed by atoms with Gasteiger partial charge in [0.05, 0.1) is 14.4 Å². The summed E-state index contributed by atoms with van der Waals surface area (Å²) in [5.74, 6) is 1.13. The van der Waals surface area contributed by atoms with Crippen LogP contribution in [-0.2, 0) is 0 Å². The first kappa shape index (κ1) is 9.03. The monoisotopic (exact) mass is 209 g/mol. The third kappa shape index (κ3) is 1.86. The Morgan fingerprint density at radius 1 is 1.46 bits per heavy atom. The summed E-state index contributed by atoms with van der Waals surface area (Å²) >= 11 is 3.72. The van der Waals surface area contributed by atoms with Crippen molar-refractivity contribution in [3.8, 4) is 0 Å². The maximum absolute atomic E-state index is 4.38. The van der Waals surface area contributed by atoms with Crippen molar-refractivity contribution in [2.24, 2.45) is 0 Å². The molecule has 0 saturated heterocycles. The fourth-order valence-corrected chi connectivity index (χ4v) is 3.39. The van der Waals surface area contributed by atoms with Gasteiger partial charge in [-0.15, -0.1) is 23.1 Å². The molecule has 1 nitrogen and oxygen atoms in total. The fraction of sp³-hybridized carbons (Fsp3) is 0.300. The number of pyridine rings is 1. The van der Waals surface area contributed by atoms with E-state index >= 15 is 0 Å². The highest BCUT2D eigenvalue weighted by Crippen LogP contribution is 2.31. The van der Waals surface area contributed by atoms with E-state index in [1.807, 2.05) is 29.3 Å². The zero-order chi connectivity index (χ0) is 9.26. The molecule has 0 bridgehead atoms. The third-order valence-electron chi connectivity index (χ3n) is 1.77. The van der Waals surface area contributed by atoms with Crippen molar-refractivity contribution in [3.63, 3.8) is 0 Å². The van der Waals surface area contributed by atoms with E-state index in [0.29, 0.717) is 0 Å². The molecule has 0 aliphatic rings. The van der Waals surface area contributed by atoms with Gasteiger partial charge in [-0.3, -0.25) is 4.98 Å². The molecule has 0 unspecified atom stereocenters. The van der Waals surface area contributed by atoms with Crippen LogP contribution in [0.2, 0.25) is 0 Å². The average Bonchev–Trinajstić information content (AvgIpc) is 2.46.